The minimum atomic E-state index is -3.17. The van der Waals surface area contributed by atoms with Crippen molar-refractivity contribution in [1.82, 2.24) is 9.97 Å². The fourth-order valence-electron chi connectivity index (χ4n) is 1.62. The molecule has 2 aromatic heterocycles. The number of thiophene rings is 1. The molecule has 0 amide bonds. The van der Waals surface area contributed by atoms with Gasteiger partial charge in [0.1, 0.15) is 10.6 Å². The first-order chi connectivity index (χ1) is 9.10. The number of hydrogen-bond acceptors (Lipinski definition) is 7. The normalized spacial score (nSPS) is 12.8. The molecule has 0 spiro atoms. The van der Waals surface area contributed by atoms with Crippen molar-refractivity contribution in [1.29, 1.82) is 0 Å². The predicted octanol–water partition coefficient (Wildman–Crippen LogP) is 1.82. The lowest BCUT2D eigenvalue weighted by atomic mass is 10.2. The smallest absolute Gasteiger partial charge is 0.223 e. The Morgan fingerprint density at radius 1 is 1.40 bits per heavy atom. The monoisotopic (exact) mass is 314 g/mol. The number of nitrogens with two attached hydrogens (primary N) is 1. The molecule has 20 heavy (non-hydrogen) atoms. The summed E-state index contributed by atoms with van der Waals surface area (Å²) in [4.78, 5) is 10.2. The van der Waals surface area contributed by atoms with E-state index in [-0.39, 0.29) is 12.5 Å². The summed E-state index contributed by atoms with van der Waals surface area (Å²) in [7, 11) is -3.17. The van der Waals surface area contributed by atoms with Crippen molar-refractivity contribution in [2.75, 3.05) is 23.9 Å². The molecule has 0 fully saturated rings. The van der Waals surface area contributed by atoms with E-state index in [1.165, 1.54) is 17.6 Å². The molecule has 0 atom stereocenters. The Labute approximate surface area is 122 Å². The van der Waals surface area contributed by atoms with E-state index in [9.17, 15) is 8.42 Å². The number of aryl methyl sites for hydroxylation is 1. The van der Waals surface area contributed by atoms with Crippen LogP contribution >= 0.6 is 11.3 Å². The van der Waals surface area contributed by atoms with Crippen LogP contribution in [-0.4, -0.2) is 35.9 Å². The number of rotatable bonds is 4. The summed E-state index contributed by atoms with van der Waals surface area (Å²) in [5.74, 6) is 0.757. The minimum Gasteiger partial charge on any atom is -0.368 e. The molecule has 110 valence electrons. The Morgan fingerprint density at radius 2 is 2.05 bits per heavy atom. The SMILES string of the molecule is Cc1cc2c(NCC(C)(C)S(C)(=O)=O)nc(N)nc2s1. The number of nitrogens with zero attached hydrogens (tertiary/aromatic N) is 2. The summed E-state index contributed by atoms with van der Waals surface area (Å²) in [6, 6.07) is 1.97. The molecule has 2 heterocycles. The zero-order valence-electron chi connectivity index (χ0n) is 11.9. The topological polar surface area (TPSA) is 98.0 Å². The summed E-state index contributed by atoms with van der Waals surface area (Å²) >= 11 is 1.53. The maximum atomic E-state index is 11.7. The van der Waals surface area contributed by atoms with E-state index in [4.69, 9.17) is 5.73 Å². The summed E-state index contributed by atoms with van der Waals surface area (Å²) in [5.41, 5.74) is 5.69. The van der Waals surface area contributed by atoms with Crippen LogP contribution in [0.5, 0.6) is 0 Å². The van der Waals surface area contributed by atoms with Gasteiger partial charge in [0.2, 0.25) is 5.95 Å². The van der Waals surface area contributed by atoms with Crippen LogP contribution in [0, 0.1) is 6.92 Å². The van der Waals surface area contributed by atoms with Gasteiger partial charge in [-0.25, -0.2) is 13.4 Å². The van der Waals surface area contributed by atoms with Crippen LogP contribution in [0.1, 0.15) is 18.7 Å². The second-order valence-electron chi connectivity index (χ2n) is 5.39. The van der Waals surface area contributed by atoms with Gasteiger partial charge in [-0.15, -0.1) is 11.3 Å². The van der Waals surface area contributed by atoms with Crippen LogP contribution in [0.2, 0.25) is 0 Å². The summed E-state index contributed by atoms with van der Waals surface area (Å²) < 4.78 is 22.5. The van der Waals surface area contributed by atoms with Gasteiger partial charge in [-0.3, -0.25) is 0 Å². The van der Waals surface area contributed by atoms with E-state index in [0.717, 1.165) is 15.1 Å². The molecular weight excluding hydrogens is 296 g/mol. The molecular formula is C12H18N4O2S2. The van der Waals surface area contributed by atoms with Crippen LogP contribution in [0.3, 0.4) is 0 Å². The summed E-state index contributed by atoms with van der Waals surface area (Å²) in [6.45, 7) is 5.59. The quantitative estimate of drug-likeness (QED) is 0.893. The second kappa shape index (κ2) is 4.85. The summed E-state index contributed by atoms with van der Waals surface area (Å²) in [6.07, 6.45) is 1.23. The van der Waals surface area contributed by atoms with Gasteiger partial charge in [0.25, 0.3) is 0 Å². The van der Waals surface area contributed by atoms with Crippen molar-refractivity contribution in [2.45, 2.75) is 25.5 Å². The highest BCUT2D eigenvalue weighted by molar-refractivity contribution is 7.92. The fourth-order valence-corrected chi connectivity index (χ4v) is 2.84. The number of nitrogen functional groups attached to an aromatic ring is 1. The van der Waals surface area contributed by atoms with Crippen molar-refractivity contribution >= 4 is 43.2 Å². The Balaban J connectivity index is 2.35. The molecule has 3 N–H and O–H groups in total. The molecule has 0 unspecified atom stereocenters. The van der Waals surface area contributed by atoms with Crippen molar-refractivity contribution in [2.24, 2.45) is 0 Å². The van der Waals surface area contributed by atoms with Gasteiger partial charge in [0.15, 0.2) is 9.84 Å². The maximum absolute atomic E-state index is 11.7. The number of sulfone groups is 1. The highest BCUT2D eigenvalue weighted by atomic mass is 32.2. The Bertz CT molecular complexity index is 750. The molecule has 0 radical (unpaired) electrons. The molecule has 0 saturated heterocycles. The minimum absolute atomic E-state index is 0.180. The van der Waals surface area contributed by atoms with Gasteiger partial charge in [-0.1, -0.05) is 0 Å². The highest BCUT2D eigenvalue weighted by Gasteiger charge is 2.30. The number of hydrogen-bond donors (Lipinski definition) is 2. The molecule has 0 aliphatic carbocycles. The van der Waals surface area contributed by atoms with Crippen LogP contribution in [-0.2, 0) is 9.84 Å². The molecule has 0 bridgehead atoms. The van der Waals surface area contributed by atoms with E-state index in [1.807, 2.05) is 13.0 Å². The van der Waals surface area contributed by atoms with Crippen LogP contribution < -0.4 is 11.1 Å². The van der Waals surface area contributed by atoms with Crippen molar-refractivity contribution in [3.63, 3.8) is 0 Å². The zero-order chi connectivity index (χ0) is 15.1. The molecule has 0 aliphatic heterocycles. The van der Waals surface area contributed by atoms with Crippen LogP contribution in [0.25, 0.3) is 10.2 Å². The molecule has 0 aromatic carbocycles. The lowest BCUT2D eigenvalue weighted by Crippen LogP contribution is -2.38. The van der Waals surface area contributed by atoms with E-state index in [0.29, 0.717) is 5.82 Å². The lowest BCUT2D eigenvalue weighted by Gasteiger charge is -2.23. The molecule has 0 saturated carbocycles. The first kappa shape index (κ1) is 15.0. The van der Waals surface area contributed by atoms with Crippen molar-refractivity contribution < 1.29 is 8.42 Å². The zero-order valence-corrected chi connectivity index (χ0v) is 13.5. The Kier molecular flexibility index (Phi) is 3.64. The number of anilines is 2. The third-order valence-electron chi connectivity index (χ3n) is 3.22. The van der Waals surface area contributed by atoms with Crippen LogP contribution in [0.4, 0.5) is 11.8 Å². The molecule has 8 heteroatoms. The number of aromatic nitrogens is 2. The number of fused-ring (bicyclic) bond motifs is 1. The molecule has 6 nitrogen and oxygen atoms in total. The van der Waals surface area contributed by atoms with E-state index in [2.05, 4.69) is 15.3 Å². The van der Waals surface area contributed by atoms with Gasteiger partial charge in [0.05, 0.1) is 10.1 Å². The average molecular weight is 314 g/mol. The first-order valence-electron chi connectivity index (χ1n) is 6.07. The third kappa shape index (κ3) is 2.85. The van der Waals surface area contributed by atoms with Gasteiger partial charge < -0.3 is 11.1 Å². The molecule has 0 aliphatic rings. The molecule has 2 rings (SSSR count). The first-order valence-corrected chi connectivity index (χ1v) is 8.78. The van der Waals surface area contributed by atoms with Crippen molar-refractivity contribution in [3.8, 4) is 0 Å². The van der Waals surface area contributed by atoms with E-state index in [1.54, 1.807) is 13.8 Å². The average Bonchev–Trinajstić information content (AvgIpc) is 2.64. The van der Waals surface area contributed by atoms with Gasteiger partial charge >= 0.3 is 0 Å². The van der Waals surface area contributed by atoms with Gasteiger partial charge in [-0.2, -0.15) is 4.98 Å². The summed E-state index contributed by atoms with van der Waals surface area (Å²) in [5, 5.41) is 3.95. The predicted molar refractivity (Wildman–Crippen MR) is 84.0 cm³/mol. The van der Waals surface area contributed by atoms with Gasteiger partial charge in [-0.05, 0) is 26.8 Å². The van der Waals surface area contributed by atoms with Crippen molar-refractivity contribution in [3.05, 3.63) is 10.9 Å². The second-order valence-corrected chi connectivity index (χ2v) is 9.28. The Hall–Kier alpha value is -1.41. The molecule has 2 aromatic rings. The van der Waals surface area contributed by atoms with Crippen LogP contribution in [0.15, 0.2) is 6.07 Å². The Morgan fingerprint density at radius 3 is 2.65 bits per heavy atom. The largest absolute Gasteiger partial charge is 0.368 e. The third-order valence-corrected chi connectivity index (χ3v) is 6.31. The highest BCUT2D eigenvalue weighted by Crippen LogP contribution is 2.29. The standard InChI is InChI=1S/C12H18N4O2S2/c1-7-5-8-9(15-11(13)16-10(8)19-7)14-6-12(2,3)20(4,17)18/h5H,6H2,1-4H3,(H3,13,14,15,16). The maximum Gasteiger partial charge on any atom is 0.223 e. The number of nitrogens with one attached hydrogen (secondary N) is 1. The van der Waals surface area contributed by atoms with Gasteiger partial charge in [0, 0.05) is 17.7 Å². The lowest BCUT2D eigenvalue weighted by molar-refractivity contribution is 0.559. The van der Waals surface area contributed by atoms with E-state index < -0.39 is 14.6 Å². The van der Waals surface area contributed by atoms with E-state index >= 15 is 0 Å². The fraction of sp³-hybridized carbons (Fsp3) is 0.500.